The van der Waals surface area contributed by atoms with E-state index in [1.54, 1.807) is 36.1 Å². The summed E-state index contributed by atoms with van der Waals surface area (Å²) in [4.78, 5) is 19.9. The molecule has 6 rings (SSSR count). The van der Waals surface area contributed by atoms with E-state index in [1.165, 1.54) is 0 Å². The van der Waals surface area contributed by atoms with Crippen LogP contribution in [0.2, 0.25) is 0 Å². The van der Waals surface area contributed by atoms with E-state index in [1.807, 2.05) is 71.5 Å². The maximum Gasteiger partial charge on any atom is 0.157 e. The number of fused-ring (bicyclic) bond motifs is 1. The minimum Gasteiger partial charge on any atom is -0.358 e. The molecule has 5 heterocycles. The third-order valence-corrected chi connectivity index (χ3v) is 6.70. The second kappa shape index (κ2) is 9.82. The average Bonchev–Trinajstić information content (AvgIpc) is 3.57. The Morgan fingerprint density at radius 2 is 1.50 bits per heavy atom. The van der Waals surface area contributed by atoms with Gasteiger partial charge in [0.25, 0.3) is 0 Å². The highest BCUT2D eigenvalue weighted by molar-refractivity contribution is 7.16. The Hall–Kier alpha value is -4.80. The van der Waals surface area contributed by atoms with Crippen LogP contribution < -0.4 is 5.32 Å². The fourth-order valence-electron chi connectivity index (χ4n) is 3.99. The predicted molar refractivity (Wildman–Crippen MR) is 143 cm³/mol. The van der Waals surface area contributed by atoms with E-state index in [4.69, 9.17) is 4.98 Å². The van der Waals surface area contributed by atoms with Crippen molar-refractivity contribution >= 4 is 22.8 Å². The molecule has 1 N–H and O–H groups in total. The molecule has 0 fully saturated rings. The highest BCUT2D eigenvalue weighted by Crippen LogP contribution is 2.36. The maximum atomic E-state index is 4.92. The Morgan fingerprint density at radius 3 is 2.22 bits per heavy atom. The molecule has 0 atom stereocenters. The molecule has 172 valence electrons. The van der Waals surface area contributed by atoms with Crippen LogP contribution in [0.1, 0.15) is 27.6 Å². The third kappa shape index (κ3) is 4.45. The van der Waals surface area contributed by atoms with Gasteiger partial charge in [0.05, 0.1) is 22.0 Å². The molecule has 5 aromatic heterocycles. The largest absolute Gasteiger partial charge is 0.358 e. The van der Waals surface area contributed by atoms with Crippen molar-refractivity contribution in [1.82, 2.24) is 24.3 Å². The quantitative estimate of drug-likeness (QED) is 0.311. The van der Waals surface area contributed by atoms with Crippen molar-refractivity contribution in [3.63, 3.8) is 0 Å². The van der Waals surface area contributed by atoms with Gasteiger partial charge in [-0.1, -0.05) is 42.2 Å². The van der Waals surface area contributed by atoms with Crippen LogP contribution in [-0.4, -0.2) is 24.3 Å². The lowest BCUT2D eigenvalue weighted by molar-refractivity contribution is 0.902. The molecule has 0 radical (unpaired) electrons. The lowest BCUT2D eigenvalue weighted by Gasteiger charge is -2.20. The summed E-state index contributed by atoms with van der Waals surface area (Å²) in [5.74, 6) is 7.39. The number of aromatic nitrogens is 5. The summed E-state index contributed by atoms with van der Waals surface area (Å²) in [6.07, 6.45) is 12.7. The zero-order chi connectivity index (χ0) is 24.2. The topological polar surface area (TPSA) is 68.0 Å². The van der Waals surface area contributed by atoms with Gasteiger partial charge in [-0.05, 0) is 47.5 Å². The molecule has 0 amide bonds. The summed E-state index contributed by atoms with van der Waals surface area (Å²) >= 11 is 1.62. The van der Waals surface area contributed by atoms with E-state index in [0.29, 0.717) is 0 Å². The molecule has 36 heavy (non-hydrogen) atoms. The molecule has 0 aliphatic carbocycles. The number of rotatable bonds is 5. The van der Waals surface area contributed by atoms with Gasteiger partial charge in [-0.3, -0.25) is 19.4 Å². The van der Waals surface area contributed by atoms with Gasteiger partial charge < -0.3 is 5.32 Å². The van der Waals surface area contributed by atoms with Crippen molar-refractivity contribution in [3.8, 4) is 22.4 Å². The van der Waals surface area contributed by atoms with E-state index in [2.05, 4.69) is 50.3 Å². The van der Waals surface area contributed by atoms with Crippen LogP contribution in [0.5, 0.6) is 0 Å². The van der Waals surface area contributed by atoms with Gasteiger partial charge in [-0.2, -0.15) is 0 Å². The fraction of sp³-hybridized carbons (Fsp3) is 0.0345. The molecule has 6 nitrogen and oxygen atoms in total. The Kier molecular flexibility index (Phi) is 5.92. The van der Waals surface area contributed by atoms with Gasteiger partial charge in [0.15, 0.2) is 5.65 Å². The Balaban J connectivity index is 1.43. The van der Waals surface area contributed by atoms with Crippen molar-refractivity contribution in [2.75, 3.05) is 5.32 Å². The first-order valence-corrected chi connectivity index (χ1v) is 12.2. The van der Waals surface area contributed by atoms with Gasteiger partial charge in [0.2, 0.25) is 0 Å². The van der Waals surface area contributed by atoms with Crippen molar-refractivity contribution in [2.24, 2.45) is 0 Å². The zero-order valence-corrected chi connectivity index (χ0v) is 19.9. The lowest BCUT2D eigenvalue weighted by Crippen LogP contribution is -2.14. The highest BCUT2D eigenvalue weighted by atomic mass is 32.1. The van der Waals surface area contributed by atoms with Crippen LogP contribution in [0.25, 0.3) is 16.2 Å². The van der Waals surface area contributed by atoms with Crippen LogP contribution in [-0.2, 0) is 0 Å². The van der Waals surface area contributed by atoms with Gasteiger partial charge in [0, 0.05) is 42.7 Å². The minimum atomic E-state index is -0.170. The van der Waals surface area contributed by atoms with E-state index in [0.717, 1.165) is 43.6 Å². The molecule has 7 heteroatoms. The monoisotopic (exact) mass is 484 g/mol. The Bertz CT molecular complexity index is 1630. The van der Waals surface area contributed by atoms with E-state index >= 15 is 0 Å². The zero-order valence-electron chi connectivity index (χ0n) is 19.1. The molecule has 0 spiro atoms. The summed E-state index contributed by atoms with van der Waals surface area (Å²) < 4.78 is 2.02. The first-order valence-electron chi connectivity index (χ1n) is 11.4. The van der Waals surface area contributed by atoms with E-state index < -0.39 is 0 Å². The third-order valence-electron chi connectivity index (χ3n) is 5.69. The van der Waals surface area contributed by atoms with Gasteiger partial charge in [-0.15, -0.1) is 11.3 Å². The summed E-state index contributed by atoms with van der Waals surface area (Å²) in [7, 11) is 0. The summed E-state index contributed by atoms with van der Waals surface area (Å²) in [5.41, 5.74) is 4.65. The number of nitrogens with one attached hydrogen (secondary N) is 1. The molecule has 0 bridgehead atoms. The SMILES string of the molecule is C(#Cc1ccc(-c2nc3cnccn3c2NC(c2cccnc2)c2cccnc2)s1)c1ccccc1. The normalized spacial score (nSPS) is 10.8. The maximum absolute atomic E-state index is 4.92. The van der Waals surface area contributed by atoms with Crippen molar-refractivity contribution in [3.05, 3.63) is 132 Å². The van der Waals surface area contributed by atoms with Crippen LogP contribution in [0.15, 0.2) is 110 Å². The number of hydrogen-bond acceptors (Lipinski definition) is 6. The van der Waals surface area contributed by atoms with Crippen LogP contribution in [0.3, 0.4) is 0 Å². The first kappa shape index (κ1) is 21.7. The molecule has 0 saturated carbocycles. The second-order valence-electron chi connectivity index (χ2n) is 8.04. The number of imidazole rings is 1. The van der Waals surface area contributed by atoms with Crippen molar-refractivity contribution < 1.29 is 0 Å². The molecule has 0 aliphatic heterocycles. The fourth-order valence-corrected chi connectivity index (χ4v) is 4.84. The average molecular weight is 485 g/mol. The molecular weight excluding hydrogens is 464 g/mol. The van der Waals surface area contributed by atoms with E-state index in [9.17, 15) is 0 Å². The first-order chi connectivity index (χ1) is 17.8. The number of nitrogens with zero attached hydrogens (tertiary/aromatic N) is 5. The molecule has 0 saturated heterocycles. The van der Waals surface area contributed by atoms with Crippen LogP contribution in [0, 0.1) is 11.8 Å². The van der Waals surface area contributed by atoms with Gasteiger partial charge >= 0.3 is 0 Å². The van der Waals surface area contributed by atoms with E-state index in [-0.39, 0.29) is 6.04 Å². The standard InChI is InChI=1S/C29H20N6S/c1-2-6-21(7-3-1)10-11-24-12-13-25(36-24)28-29(35-17-16-32-20-26(35)33-28)34-27(22-8-4-14-30-18-22)23-9-5-15-31-19-23/h1-9,12-20,27,34H. The van der Waals surface area contributed by atoms with Crippen LogP contribution >= 0.6 is 11.3 Å². The van der Waals surface area contributed by atoms with Gasteiger partial charge in [0.1, 0.15) is 11.5 Å². The number of pyridine rings is 2. The molecule has 6 aromatic rings. The number of thiophene rings is 1. The summed E-state index contributed by atoms with van der Waals surface area (Å²) in [6.45, 7) is 0. The molecule has 0 unspecified atom stereocenters. The summed E-state index contributed by atoms with van der Waals surface area (Å²) in [6, 6.07) is 21.9. The van der Waals surface area contributed by atoms with Crippen molar-refractivity contribution in [2.45, 2.75) is 6.04 Å². The Labute approximate surface area is 212 Å². The summed E-state index contributed by atoms with van der Waals surface area (Å²) in [5, 5.41) is 3.73. The Morgan fingerprint density at radius 1 is 0.750 bits per heavy atom. The number of benzene rings is 1. The smallest absolute Gasteiger partial charge is 0.157 e. The molecular formula is C29H20N6S. The minimum absolute atomic E-state index is 0.170. The van der Waals surface area contributed by atoms with Crippen molar-refractivity contribution in [1.29, 1.82) is 0 Å². The number of anilines is 1. The molecule has 0 aliphatic rings. The molecule has 1 aromatic carbocycles. The van der Waals surface area contributed by atoms with Crippen LogP contribution in [0.4, 0.5) is 5.82 Å². The van der Waals surface area contributed by atoms with Gasteiger partial charge in [-0.25, -0.2) is 4.98 Å². The number of hydrogen-bond donors (Lipinski definition) is 1. The lowest BCUT2D eigenvalue weighted by atomic mass is 10.0. The second-order valence-corrected chi connectivity index (χ2v) is 9.13. The predicted octanol–water partition coefficient (Wildman–Crippen LogP) is 5.85. The highest BCUT2D eigenvalue weighted by Gasteiger charge is 2.21.